The van der Waals surface area contributed by atoms with Gasteiger partial charge in [0.15, 0.2) is 10.7 Å². The Hall–Kier alpha value is -2.57. The number of fused-ring (bicyclic) bond motifs is 5. The van der Waals surface area contributed by atoms with Crippen molar-refractivity contribution in [2.45, 2.75) is 52.4 Å². The number of hydrogen-bond donors (Lipinski definition) is 1. The number of ether oxygens (including phenoxy) is 1. The number of aliphatic hydroxyl groups is 1. The van der Waals surface area contributed by atoms with Crippen molar-refractivity contribution in [1.82, 2.24) is 9.55 Å². The van der Waals surface area contributed by atoms with Crippen LogP contribution in [0.2, 0.25) is 0 Å². The first kappa shape index (κ1) is 18.5. The molecular formula is C23H22N2O3S. The number of aryl methyl sites for hydroxylation is 2. The summed E-state index contributed by atoms with van der Waals surface area (Å²) in [4.78, 5) is 18.3. The van der Waals surface area contributed by atoms with Crippen LogP contribution in [0.15, 0.2) is 29.1 Å². The Bertz CT molecular complexity index is 1280. The third-order valence-electron chi connectivity index (χ3n) is 6.32. The summed E-state index contributed by atoms with van der Waals surface area (Å²) in [6.45, 7) is 6.62. The van der Waals surface area contributed by atoms with Gasteiger partial charge in [-0.1, -0.05) is 26.0 Å². The number of thiocarbonyl (C=S) groups is 1. The molecule has 1 atom stereocenters. The third-order valence-corrected chi connectivity index (χ3v) is 6.77. The van der Waals surface area contributed by atoms with Crippen LogP contribution >= 0.6 is 12.2 Å². The van der Waals surface area contributed by atoms with Gasteiger partial charge >= 0.3 is 0 Å². The van der Waals surface area contributed by atoms with E-state index in [1.165, 1.54) is 5.56 Å². The molecule has 0 bridgehead atoms. The zero-order valence-corrected chi connectivity index (χ0v) is 17.5. The monoisotopic (exact) mass is 406 g/mol. The highest BCUT2D eigenvalue weighted by atomic mass is 32.1. The van der Waals surface area contributed by atoms with E-state index >= 15 is 0 Å². The number of pyridine rings is 2. The summed E-state index contributed by atoms with van der Waals surface area (Å²) in [5.41, 5.74) is 5.46. The first-order valence-corrected chi connectivity index (χ1v) is 10.4. The highest BCUT2D eigenvalue weighted by Gasteiger charge is 2.42. The molecule has 0 fully saturated rings. The van der Waals surface area contributed by atoms with Crippen molar-refractivity contribution in [3.05, 3.63) is 62.4 Å². The molecule has 3 aromatic rings. The van der Waals surface area contributed by atoms with Crippen LogP contribution in [0.1, 0.15) is 48.1 Å². The molecule has 0 spiro atoms. The van der Waals surface area contributed by atoms with Crippen LogP contribution in [0.4, 0.5) is 0 Å². The summed E-state index contributed by atoms with van der Waals surface area (Å²) in [5, 5.41) is 12.4. The summed E-state index contributed by atoms with van der Waals surface area (Å²) in [6.07, 6.45) is 1.21. The van der Waals surface area contributed by atoms with Gasteiger partial charge in [-0.25, -0.2) is 4.98 Å². The van der Waals surface area contributed by atoms with Crippen molar-refractivity contribution in [2.24, 2.45) is 0 Å². The lowest BCUT2D eigenvalue weighted by Gasteiger charge is -2.34. The molecule has 2 aromatic heterocycles. The molecule has 5 rings (SSSR count). The number of nitrogens with zero attached hydrogens (tertiary/aromatic N) is 2. The molecule has 0 saturated heterocycles. The summed E-state index contributed by atoms with van der Waals surface area (Å²) in [6, 6.07) is 8.20. The molecule has 5 nitrogen and oxygen atoms in total. The molecule has 148 valence electrons. The molecule has 1 aromatic carbocycles. The van der Waals surface area contributed by atoms with E-state index < -0.39 is 5.60 Å². The van der Waals surface area contributed by atoms with Gasteiger partial charge in [0.25, 0.3) is 5.56 Å². The fraction of sp³-hybridized carbons (Fsp3) is 0.348. The van der Waals surface area contributed by atoms with Crippen LogP contribution in [0.25, 0.3) is 22.3 Å². The van der Waals surface area contributed by atoms with Crippen LogP contribution < -0.4 is 5.56 Å². The molecule has 0 unspecified atom stereocenters. The largest absolute Gasteiger partial charge is 0.479 e. The minimum absolute atomic E-state index is 0.0984. The van der Waals surface area contributed by atoms with E-state index in [2.05, 4.69) is 32.0 Å². The van der Waals surface area contributed by atoms with Gasteiger partial charge in [-0.2, -0.15) is 0 Å². The second-order valence-electron chi connectivity index (χ2n) is 7.89. The fourth-order valence-corrected chi connectivity index (χ4v) is 4.99. The number of hydrogen-bond acceptors (Lipinski definition) is 5. The Kier molecular flexibility index (Phi) is 3.95. The lowest BCUT2D eigenvalue weighted by Crippen LogP contribution is -2.43. The second-order valence-corrected chi connectivity index (χ2v) is 8.27. The number of benzene rings is 1. The van der Waals surface area contributed by atoms with Crippen LogP contribution in [0, 0.1) is 6.92 Å². The molecule has 6 heteroatoms. The normalized spacial score (nSPS) is 19.7. The second kappa shape index (κ2) is 6.21. The summed E-state index contributed by atoms with van der Waals surface area (Å²) >= 11 is 5.29. The Morgan fingerprint density at radius 1 is 1.28 bits per heavy atom. The van der Waals surface area contributed by atoms with Gasteiger partial charge in [0, 0.05) is 16.5 Å². The molecule has 0 amide bonds. The Morgan fingerprint density at radius 2 is 2.07 bits per heavy atom. The molecule has 4 heterocycles. The summed E-state index contributed by atoms with van der Waals surface area (Å²) in [5.74, 6) is 0. The smallest absolute Gasteiger partial charge is 0.258 e. The number of aromatic nitrogens is 2. The van der Waals surface area contributed by atoms with Gasteiger partial charge in [-0.15, -0.1) is 0 Å². The SMILES string of the molecule is CCc1c2c(nc3cc(C)ccc13)-c1cc3c(c(=O)n1C2)COC(=S)[C@]3(O)CC. The van der Waals surface area contributed by atoms with Crippen LogP contribution in [0.3, 0.4) is 0 Å². The maximum atomic E-state index is 13.3. The van der Waals surface area contributed by atoms with Crippen molar-refractivity contribution >= 4 is 28.2 Å². The van der Waals surface area contributed by atoms with E-state index in [-0.39, 0.29) is 17.2 Å². The molecule has 2 aliphatic heterocycles. The van der Waals surface area contributed by atoms with Gasteiger partial charge in [-0.05, 0) is 55.2 Å². The molecular weight excluding hydrogens is 384 g/mol. The van der Waals surface area contributed by atoms with Crippen molar-refractivity contribution in [3.63, 3.8) is 0 Å². The molecule has 0 saturated carbocycles. The zero-order chi connectivity index (χ0) is 20.5. The molecule has 1 N–H and O–H groups in total. The van der Waals surface area contributed by atoms with E-state index in [0.717, 1.165) is 39.8 Å². The van der Waals surface area contributed by atoms with Crippen molar-refractivity contribution in [2.75, 3.05) is 0 Å². The lowest BCUT2D eigenvalue weighted by molar-refractivity contribution is 0.0604. The predicted molar refractivity (Wildman–Crippen MR) is 116 cm³/mol. The summed E-state index contributed by atoms with van der Waals surface area (Å²) < 4.78 is 7.26. The average Bonchev–Trinajstić information content (AvgIpc) is 3.08. The summed E-state index contributed by atoms with van der Waals surface area (Å²) in [7, 11) is 0. The number of rotatable bonds is 2. The van der Waals surface area contributed by atoms with Crippen molar-refractivity contribution in [3.8, 4) is 11.4 Å². The van der Waals surface area contributed by atoms with Crippen molar-refractivity contribution in [1.29, 1.82) is 0 Å². The first-order chi connectivity index (χ1) is 13.9. The van der Waals surface area contributed by atoms with E-state index in [0.29, 0.717) is 24.1 Å². The maximum absolute atomic E-state index is 13.3. The molecule has 2 aliphatic rings. The fourth-order valence-electron chi connectivity index (χ4n) is 4.68. The molecule has 29 heavy (non-hydrogen) atoms. The highest BCUT2D eigenvalue weighted by molar-refractivity contribution is 7.80. The third kappa shape index (κ3) is 2.39. The maximum Gasteiger partial charge on any atom is 0.258 e. The van der Waals surface area contributed by atoms with Crippen LogP contribution in [-0.2, 0) is 29.9 Å². The van der Waals surface area contributed by atoms with Crippen LogP contribution in [0.5, 0.6) is 0 Å². The van der Waals surface area contributed by atoms with E-state index in [9.17, 15) is 9.90 Å². The van der Waals surface area contributed by atoms with Gasteiger partial charge in [-0.3, -0.25) is 4.79 Å². The molecule has 0 radical (unpaired) electrons. The van der Waals surface area contributed by atoms with E-state index in [1.807, 2.05) is 13.0 Å². The first-order valence-electron chi connectivity index (χ1n) is 9.98. The average molecular weight is 407 g/mol. The standard InChI is InChI=1S/C23H22N2O3S/c1-4-13-14-7-6-12(3)8-18(14)24-20-15(13)10-25-19(20)9-17-16(21(25)26)11-28-22(29)23(17,27)5-2/h6-9,27H,4-5,10-11H2,1-3H3/t23-/m0/s1. The predicted octanol–water partition coefficient (Wildman–Crippen LogP) is 3.75. The van der Waals surface area contributed by atoms with Gasteiger partial charge in [0.1, 0.15) is 6.61 Å². The zero-order valence-electron chi connectivity index (χ0n) is 16.7. The Labute approximate surface area is 174 Å². The van der Waals surface area contributed by atoms with E-state index in [4.69, 9.17) is 21.9 Å². The minimum atomic E-state index is -1.43. The lowest BCUT2D eigenvalue weighted by atomic mass is 9.86. The Morgan fingerprint density at radius 3 is 2.79 bits per heavy atom. The quantitative estimate of drug-likeness (QED) is 0.514. The Balaban J connectivity index is 1.84. The van der Waals surface area contributed by atoms with Crippen molar-refractivity contribution < 1.29 is 9.84 Å². The van der Waals surface area contributed by atoms with Gasteiger partial charge in [0.2, 0.25) is 0 Å². The van der Waals surface area contributed by atoms with E-state index in [1.54, 1.807) is 4.57 Å². The van der Waals surface area contributed by atoms with Crippen LogP contribution in [-0.4, -0.2) is 19.7 Å². The minimum Gasteiger partial charge on any atom is -0.479 e. The highest BCUT2D eigenvalue weighted by Crippen LogP contribution is 2.40. The van der Waals surface area contributed by atoms with Gasteiger partial charge < -0.3 is 14.4 Å². The van der Waals surface area contributed by atoms with Gasteiger partial charge in [0.05, 0.1) is 29.0 Å². The molecule has 0 aliphatic carbocycles. The topological polar surface area (TPSA) is 64.4 Å².